The quantitative estimate of drug-likeness (QED) is 0.879. The molecule has 0 unspecified atom stereocenters. The van der Waals surface area contributed by atoms with E-state index in [4.69, 9.17) is 5.11 Å². The van der Waals surface area contributed by atoms with E-state index in [0.717, 1.165) is 15.5 Å². The Kier molecular flexibility index (Phi) is 4.59. The second-order valence-electron chi connectivity index (χ2n) is 4.05. The van der Waals surface area contributed by atoms with Gasteiger partial charge in [-0.2, -0.15) is 0 Å². The number of halogens is 1. The summed E-state index contributed by atoms with van der Waals surface area (Å²) in [5.74, 6) is -0.896. The summed E-state index contributed by atoms with van der Waals surface area (Å²) in [6, 6.07) is 2.06. The summed E-state index contributed by atoms with van der Waals surface area (Å²) in [5, 5.41) is 12.0. The van der Waals surface area contributed by atoms with Gasteiger partial charge in [0.1, 0.15) is 4.88 Å². The number of carboxylic acids is 1. The van der Waals surface area contributed by atoms with Gasteiger partial charge < -0.3 is 10.0 Å². The summed E-state index contributed by atoms with van der Waals surface area (Å²) < 4.78 is 1.09. The number of thiazole rings is 1. The van der Waals surface area contributed by atoms with Crippen molar-refractivity contribution in [2.75, 3.05) is 11.9 Å². The van der Waals surface area contributed by atoms with Crippen LogP contribution in [0.3, 0.4) is 0 Å². The minimum absolute atomic E-state index is 0.343. The normalized spacial score (nSPS) is 10.7. The minimum atomic E-state index is -0.896. The predicted molar refractivity (Wildman–Crippen MR) is 82.6 cm³/mol. The Balaban J connectivity index is 2.19. The second-order valence-corrected chi connectivity index (χ2v) is 7.31. The Labute approximate surface area is 127 Å². The van der Waals surface area contributed by atoms with E-state index < -0.39 is 5.97 Å². The lowest BCUT2D eigenvalue weighted by Gasteiger charge is -2.14. The third kappa shape index (κ3) is 3.34. The van der Waals surface area contributed by atoms with E-state index in [1.54, 1.807) is 11.3 Å². The highest BCUT2D eigenvalue weighted by molar-refractivity contribution is 9.11. The van der Waals surface area contributed by atoms with Crippen LogP contribution < -0.4 is 4.90 Å². The first-order chi connectivity index (χ1) is 9.01. The van der Waals surface area contributed by atoms with Crippen molar-refractivity contribution >= 4 is 49.7 Å². The summed E-state index contributed by atoms with van der Waals surface area (Å²) >= 11 is 6.31. The maximum atomic E-state index is 11.1. The SMILES string of the molecule is CCc1nc(N(C)Cc2csc(Br)c2)sc1C(=O)O. The van der Waals surface area contributed by atoms with E-state index in [1.807, 2.05) is 18.9 Å². The molecule has 1 N–H and O–H groups in total. The molecule has 0 aliphatic carbocycles. The van der Waals surface area contributed by atoms with Gasteiger partial charge in [-0.05, 0) is 39.4 Å². The van der Waals surface area contributed by atoms with E-state index in [1.165, 1.54) is 16.9 Å². The van der Waals surface area contributed by atoms with Gasteiger partial charge in [-0.25, -0.2) is 9.78 Å². The van der Waals surface area contributed by atoms with Crippen LogP contribution >= 0.6 is 38.6 Å². The molecular formula is C12H13BrN2O2S2. The minimum Gasteiger partial charge on any atom is -0.477 e. The molecule has 2 heterocycles. The van der Waals surface area contributed by atoms with Gasteiger partial charge in [0.15, 0.2) is 5.13 Å². The highest BCUT2D eigenvalue weighted by Crippen LogP contribution is 2.28. The Hall–Kier alpha value is -0.920. The third-order valence-electron chi connectivity index (χ3n) is 2.58. The number of anilines is 1. The number of carbonyl (C=O) groups is 1. The van der Waals surface area contributed by atoms with Crippen LogP contribution in [-0.2, 0) is 13.0 Å². The average Bonchev–Trinajstić information content (AvgIpc) is 2.95. The number of nitrogens with zero attached hydrogens (tertiary/aromatic N) is 2. The number of carboxylic acid groups (broad SMARTS) is 1. The van der Waals surface area contributed by atoms with Gasteiger partial charge >= 0.3 is 5.97 Å². The molecule has 0 bridgehead atoms. The van der Waals surface area contributed by atoms with Crippen LogP contribution in [0.4, 0.5) is 5.13 Å². The fraction of sp³-hybridized carbons (Fsp3) is 0.333. The molecular weight excluding hydrogens is 348 g/mol. The highest BCUT2D eigenvalue weighted by Gasteiger charge is 2.18. The Morgan fingerprint density at radius 1 is 1.58 bits per heavy atom. The summed E-state index contributed by atoms with van der Waals surface area (Å²) in [6.45, 7) is 2.64. The zero-order valence-electron chi connectivity index (χ0n) is 10.5. The topological polar surface area (TPSA) is 53.4 Å². The molecule has 0 aliphatic heterocycles. The molecule has 0 radical (unpaired) electrons. The lowest BCUT2D eigenvalue weighted by atomic mass is 10.3. The molecule has 2 aromatic heterocycles. The van der Waals surface area contributed by atoms with Gasteiger partial charge in [-0.3, -0.25) is 0 Å². The van der Waals surface area contributed by atoms with Crippen molar-refractivity contribution in [3.63, 3.8) is 0 Å². The standard InChI is InChI=1S/C12H13BrN2O2S2/c1-3-8-10(11(16)17)19-12(14-8)15(2)5-7-4-9(13)18-6-7/h4,6H,3,5H2,1-2H3,(H,16,17). The maximum Gasteiger partial charge on any atom is 0.347 e. The number of hydrogen-bond acceptors (Lipinski definition) is 5. The summed E-state index contributed by atoms with van der Waals surface area (Å²) in [7, 11) is 1.93. The molecule has 102 valence electrons. The van der Waals surface area contributed by atoms with Gasteiger partial charge in [0.05, 0.1) is 9.48 Å². The summed E-state index contributed by atoms with van der Waals surface area (Å²) in [6.07, 6.45) is 0.635. The Morgan fingerprint density at radius 3 is 2.79 bits per heavy atom. The lowest BCUT2D eigenvalue weighted by molar-refractivity contribution is 0.0701. The van der Waals surface area contributed by atoms with Crippen LogP contribution in [0.5, 0.6) is 0 Å². The predicted octanol–water partition coefficient (Wildman–Crippen LogP) is 3.86. The molecule has 0 atom stereocenters. The number of hydrogen-bond donors (Lipinski definition) is 1. The zero-order valence-corrected chi connectivity index (χ0v) is 13.7. The molecule has 7 heteroatoms. The molecule has 0 saturated carbocycles. The summed E-state index contributed by atoms with van der Waals surface area (Å²) in [5.41, 5.74) is 1.84. The summed E-state index contributed by atoms with van der Waals surface area (Å²) in [4.78, 5) is 17.9. The van der Waals surface area contributed by atoms with Crippen molar-refractivity contribution in [3.8, 4) is 0 Å². The third-order valence-corrected chi connectivity index (χ3v) is 5.34. The van der Waals surface area contributed by atoms with Crippen molar-refractivity contribution in [3.05, 3.63) is 31.4 Å². The van der Waals surface area contributed by atoms with E-state index in [0.29, 0.717) is 17.0 Å². The van der Waals surface area contributed by atoms with E-state index in [-0.39, 0.29) is 0 Å². The molecule has 0 aromatic carbocycles. The molecule has 0 saturated heterocycles. The molecule has 2 rings (SSSR count). The van der Waals surface area contributed by atoms with Crippen LogP contribution in [0, 0.1) is 0 Å². The monoisotopic (exact) mass is 360 g/mol. The first-order valence-corrected chi connectivity index (χ1v) is 8.17. The van der Waals surface area contributed by atoms with Gasteiger partial charge in [0.25, 0.3) is 0 Å². The molecule has 0 fully saturated rings. The van der Waals surface area contributed by atoms with Gasteiger partial charge in [-0.1, -0.05) is 18.3 Å². The highest BCUT2D eigenvalue weighted by atomic mass is 79.9. The smallest absolute Gasteiger partial charge is 0.347 e. The van der Waals surface area contributed by atoms with E-state index in [2.05, 4.69) is 32.4 Å². The molecule has 2 aromatic rings. The number of aryl methyl sites for hydroxylation is 1. The van der Waals surface area contributed by atoms with Crippen LogP contribution in [0.15, 0.2) is 15.2 Å². The molecule has 0 aliphatic rings. The first-order valence-electron chi connectivity index (χ1n) is 5.68. The fourth-order valence-electron chi connectivity index (χ4n) is 1.68. The van der Waals surface area contributed by atoms with Crippen LogP contribution in [0.2, 0.25) is 0 Å². The van der Waals surface area contributed by atoms with Gasteiger partial charge in [0.2, 0.25) is 0 Å². The van der Waals surface area contributed by atoms with Crippen molar-refractivity contribution < 1.29 is 9.90 Å². The van der Waals surface area contributed by atoms with E-state index in [9.17, 15) is 4.79 Å². The van der Waals surface area contributed by atoms with Crippen LogP contribution in [-0.4, -0.2) is 23.1 Å². The lowest BCUT2D eigenvalue weighted by Crippen LogP contribution is -2.15. The largest absolute Gasteiger partial charge is 0.477 e. The second kappa shape index (κ2) is 6.02. The van der Waals surface area contributed by atoms with Crippen LogP contribution in [0.1, 0.15) is 27.9 Å². The van der Waals surface area contributed by atoms with Crippen molar-refractivity contribution in [2.45, 2.75) is 19.9 Å². The maximum absolute atomic E-state index is 11.1. The fourth-order valence-corrected chi connectivity index (χ4v) is 3.83. The molecule has 19 heavy (non-hydrogen) atoms. The molecule has 4 nitrogen and oxygen atoms in total. The molecule has 0 amide bonds. The van der Waals surface area contributed by atoms with Gasteiger partial charge in [0, 0.05) is 13.6 Å². The van der Waals surface area contributed by atoms with Crippen molar-refractivity contribution in [2.24, 2.45) is 0 Å². The molecule has 0 spiro atoms. The Bertz CT molecular complexity index is 594. The average molecular weight is 361 g/mol. The number of rotatable bonds is 5. The van der Waals surface area contributed by atoms with Gasteiger partial charge in [-0.15, -0.1) is 11.3 Å². The zero-order chi connectivity index (χ0) is 14.0. The van der Waals surface area contributed by atoms with Crippen molar-refractivity contribution in [1.82, 2.24) is 4.98 Å². The van der Waals surface area contributed by atoms with Crippen molar-refractivity contribution in [1.29, 1.82) is 0 Å². The number of aromatic carboxylic acids is 1. The van der Waals surface area contributed by atoms with E-state index >= 15 is 0 Å². The van der Waals surface area contributed by atoms with Crippen LogP contribution in [0.25, 0.3) is 0 Å². The number of thiophene rings is 1. The number of aromatic nitrogens is 1. The Morgan fingerprint density at radius 2 is 2.32 bits per heavy atom. The first kappa shape index (κ1) is 14.5.